The lowest BCUT2D eigenvalue weighted by Gasteiger charge is -2.67. The first kappa shape index (κ1) is 20.4. The molecule has 2 nitrogen and oxygen atoms in total. The molecule has 1 spiro atoms. The molecule has 2 N–H and O–H groups in total. The summed E-state index contributed by atoms with van der Waals surface area (Å²) in [5, 5.41) is 13.1. The highest BCUT2D eigenvalue weighted by atomic mass is 16.3. The Balaban J connectivity index is 1.79. The van der Waals surface area contributed by atoms with E-state index in [9.17, 15) is 5.11 Å². The summed E-state index contributed by atoms with van der Waals surface area (Å²) in [5.74, 6) is 2.28. The molecule has 30 heavy (non-hydrogen) atoms. The highest BCUT2D eigenvalue weighted by molar-refractivity contribution is 5.94. The van der Waals surface area contributed by atoms with E-state index in [1.807, 2.05) is 0 Å². The molecule has 0 aliphatic heterocycles. The van der Waals surface area contributed by atoms with Gasteiger partial charge >= 0.3 is 0 Å². The van der Waals surface area contributed by atoms with Crippen molar-refractivity contribution in [2.24, 2.45) is 34.5 Å². The highest BCUT2D eigenvalue weighted by Gasteiger charge is 2.65. The van der Waals surface area contributed by atoms with E-state index in [1.165, 1.54) is 35.7 Å². The number of benzene rings is 1. The summed E-state index contributed by atoms with van der Waals surface area (Å²) in [7, 11) is 0. The highest BCUT2D eigenvalue weighted by Crippen LogP contribution is 2.71. The number of fused-ring (bicyclic) bond motifs is 1. The maximum absolute atomic E-state index is 11.7. The monoisotopic (exact) mass is 405 g/mol. The zero-order chi connectivity index (χ0) is 21.3. The Morgan fingerprint density at radius 2 is 1.83 bits per heavy atom. The Hall–Kier alpha value is -1.54. The lowest BCUT2D eigenvalue weighted by Crippen LogP contribution is -2.63. The fourth-order valence-corrected chi connectivity index (χ4v) is 8.13. The van der Waals surface area contributed by atoms with Crippen LogP contribution in [-0.4, -0.2) is 16.2 Å². The largest absolute Gasteiger partial charge is 0.393 e. The Morgan fingerprint density at radius 3 is 2.60 bits per heavy atom. The molecule has 0 saturated heterocycles. The summed E-state index contributed by atoms with van der Waals surface area (Å²) >= 11 is 0. The van der Waals surface area contributed by atoms with Gasteiger partial charge in [0.2, 0.25) is 0 Å². The van der Waals surface area contributed by atoms with Gasteiger partial charge in [0.15, 0.2) is 0 Å². The number of hydrogen-bond donors (Lipinski definition) is 2. The van der Waals surface area contributed by atoms with Gasteiger partial charge in [-0.25, -0.2) is 0 Å². The van der Waals surface area contributed by atoms with Crippen LogP contribution in [0.3, 0.4) is 0 Å². The van der Waals surface area contributed by atoms with Crippen LogP contribution in [0.2, 0.25) is 0 Å². The van der Waals surface area contributed by atoms with Gasteiger partial charge in [-0.15, -0.1) is 0 Å². The predicted octanol–water partition coefficient (Wildman–Crippen LogP) is 7.20. The van der Waals surface area contributed by atoms with E-state index in [0.717, 1.165) is 19.3 Å². The van der Waals surface area contributed by atoms with Crippen molar-refractivity contribution < 1.29 is 5.11 Å². The summed E-state index contributed by atoms with van der Waals surface area (Å²) in [4.78, 5) is 3.56. The standard InChI is InChI=1S/C28H39NO/c1-17(2)20-13-15-28-24(30)11-10-19(4)27(28,5)14-12-18(3)26(28)25(20)22-16-29-23-9-7-6-8-21(22)23/h6-9,16-19,24,26,29-30H,10-15H2,1-5H3/t18-,19-,24+,26+,27+,28+/m0/s1. The zero-order valence-electron chi connectivity index (χ0n) is 19.5. The van der Waals surface area contributed by atoms with Crippen molar-refractivity contribution in [2.75, 3.05) is 0 Å². The molecule has 2 heteroatoms. The van der Waals surface area contributed by atoms with Crippen LogP contribution >= 0.6 is 0 Å². The molecule has 1 aromatic carbocycles. The van der Waals surface area contributed by atoms with E-state index < -0.39 is 0 Å². The summed E-state index contributed by atoms with van der Waals surface area (Å²) in [6, 6.07) is 8.76. The molecule has 1 heterocycles. The molecule has 5 rings (SSSR count). The van der Waals surface area contributed by atoms with Gasteiger partial charge < -0.3 is 10.1 Å². The van der Waals surface area contributed by atoms with Crippen LogP contribution < -0.4 is 0 Å². The molecule has 3 aliphatic carbocycles. The number of nitrogens with one attached hydrogen (secondary N) is 1. The van der Waals surface area contributed by atoms with Crippen LogP contribution in [0.15, 0.2) is 36.0 Å². The smallest absolute Gasteiger partial charge is 0.0607 e. The van der Waals surface area contributed by atoms with Gasteiger partial charge in [0.25, 0.3) is 0 Å². The average molecular weight is 406 g/mol. The number of para-hydroxylation sites is 1. The van der Waals surface area contributed by atoms with Crippen molar-refractivity contribution in [3.8, 4) is 0 Å². The van der Waals surface area contributed by atoms with Crippen molar-refractivity contribution in [3.05, 3.63) is 41.6 Å². The molecule has 0 unspecified atom stereocenters. The molecule has 1 aromatic heterocycles. The second-order valence-corrected chi connectivity index (χ2v) is 11.3. The number of allylic oxidation sites excluding steroid dienone is 2. The maximum Gasteiger partial charge on any atom is 0.0607 e. The first-order chi connectivity index (χ1) is 14.3. The van der Waals surface area contributed by atoms with Crippen LogP contribution in [0.1, 0.15) is 78.7 Å². The Bertz CT molecular complexity index is 983. The lowest BCUT2D eigenvalue weighted by molar-refractivity contribution is -0.195. The Morgan fingerprint density at radius 1 is 1.07 bits per heavy atom. The molecule has 162 valence electrons. The average Bonchev–Trinajstić information content (AvgIpc) is 3.16. The van der Waals surface area contributed by atoms with E-state index in [4.69, 9.17) is 0 Å². The molecule has 0 bridgehead atoms. The van der Waals surface area contributed by atoms with Crippen LogP contribution in [0, 0.1) is 34.5 Å². The second-order valence-electron chi connectivity index (χ2n) is 11.3. The summed E-state index contributed by atoms with van der Waals surface area (Å²) < 4.78 is 0. The fraction of sp³-hybridized carbons (Fsp3) is 0.643. The minimum absolute atomic E-state index is 0.00836. The fourth-order valence-electron chi connectivity index (χ4n) is 8.13. The lowest BCUT2D eigenvalue weighted by atomic mass is 9.37. The number of hydrogen-bond acceptors (Lipinski definition) is 1. The normalized spacial score (nSPS) is 39.3. The third-order valence-corrected chi connectivity index (χ3v) is 9.90. The second kappa shape index (κ2) is 6.99. The van der Waals surface area contributed by atoms with Gasteiger partial charge in [-0.1, -0.05) is 58.4 Å². The van der Waals surface area contributed by atoms with E-state index in [0.29, 0.717) is 23.7 Å². The number of aromatic amines is 1. The summed E-state index contributed by atoms with van der Waals surface area (Å²) in [5.41, 5.74) is 6.08. The van der Waals surface area contributed by atoms with Crippen molar-refractivity contribution in [3.63, 3.8) is 0 Å². The molecular formula is C28H39NO. The van der Waals surface area contributed by atoms with E-state index >= 15 is 0 Å². The van der Waals surface area contributed by atoms with Crippen LogP contribution in [0.4, 0.5) is 0 Å². The molecule has 6 atom stereocenters. The van der Waals surface area contributed by atoms with Gasteiger partial charge in [0.05, 0.1) is 6.10 Å². The van der Waals surface area contributed by atoms with Crippen molar-refractivity contribution >= 4 is 16.5 Å². The van der Waals surface area contributed by atoms with Gasteiger partial charge in [0, 0.05) is 28.1 Å². The number of rotatable bonds is 2. The molecule has 2 saturated carbocycles. The van der Waals surface area contributed by atoms with Crippen LogP contribution in [0.5, 0.6) is 0 Å². The molecule has 2 aromatic rings. The van der Waals surface area contributed by atoms with Gasteiger partial charge in [-0.05, 0) is 79.3 Å². The zero-order valence-corrected chi connectivity index (χ0v) is 19.5. The van der Waals surface area contributed by atoms with Crippen molar-refractivity contribution in [2.45, 2.75) is 79.2 Å². The van der Waals surface area contributed by atoms with E-state index in [1.54, 1.807) is 11.1 Å². The van der Waals surface area contributed by atoms with Crippen LogP contribution in [-0.2, 0) is 0 Å². The number of aliphatic hydroxyl groups excluding tert-OH is 1. The third-order valence-electron chi connectivity index (χ3n) is 9.90. The van der Waals surface area contributed by atoms with E-state index in [2.05, 4.69) is 70.1 Å². The van der Waals surface area contributed by atoms with Gasteiger partial charge in [-0.3, -0.25) is 0 Å². The quantitative estimate of drug-likeness (QED) is 0.544. The topological polar surface area (TPSA) is 36.0 Å². The van der Waals surface area contributed by atoms with Crippen molar-refractivity contribution in [1.29, 1.82) is 0 Å². The first-order valence-electron chi connectivity index (χ1n) is 12.3. The third kappa shape index (κ3) is 2.52. The van der Waals surface area contributed by atoms with Crippen molar-refractivity contribution in [1.82, 2.24) is 4.98 Å². The number of aromatic nitrogens is 1. The first-order valence-corrected chi connectivity index (χ1v) is 12.3. The Kier molecular flexibility index (Phi) is 4.74. The molecular weight excluding hydrogens is 366 g/mol. The maximum atomic E-state index is 11.7. The summed E-state index contributed by atoms with van der Waals surface area (Å²) in [6.45, 7) is 12.2. The summed E-state index contributed by atoms with van der Waals surface area (Å²) in [6.07, 6.45) is 9.05. The minimum atomic E-state index is -0.180. The predicted molar refractivity (Wildman–Crippen MR) is 126 cm³/mol. The van der Waals surface area contributed by atoms with Gasteiger partial charge in [0.1, 0.15) is 0 Å². The molecule has 0 radical (unpaired) electrons. The van der Waals surface area contributed by atoms with Crippen LogP contribution in [0.25, 0.3) is 16.5 Å². The number of H-pyrrole nitrogens is 1. The molecule has 3 aliphatic rings. The number of aliphatic hydroxyl groups is 1. The van der Waals surface area contributed by atoms with E-state index in [-0.39, 0.29) is 16.9 Å². The van der Waals surface area contributed by atoms with Gasteiger partial charge in [-0.2, -0.15) is 0 Å². The SMILES string of the molecule is CC(C)C1=C(c2c[nH]c3ccccc23)[C@H]2[C@@H](C)CC[C@]3(C)[C@@H](C)CC[C@@H](O)[C@]23CC1. The molecule has 0 amide bonds. The molecule has 2 fully saturated rings. The Labute approximate surface area is 182 Å². The minimum Gasteiger partial charge on any atom is -0.393 e.